The molecule has 3 atom stereocenters. The Morgan fingerprint density at radius 3 is 2.64 bits per heavy atom. The Balaban J connectivity index is 1.73. The molecule has 0 aromatic carbocycles. The monoisotopic (exact) mass is 472 g/mol. The number of terminal acetylenes is 1. The number of carbonyl (C=O) groups is 3. The van der Waals surface area contributed by atoms with Crippen molar-refractivity contribution in [2.45, 2.75) is 62.3 Å². The Labute approximate surface area is 194 Å². The molecule has 1 amide bonds. The van der Waals surface area contributed by atoms with E-state index in [9.17, 15) is 14.4 Å². The van der Waals surface area contributed by atoms with Crippen LogP contribution in [0.3, 0.4) is 0 Å². The summed E-state index contributed by atoms with van der Waals surface area (Å²) in [5.41, 5.74) is 1.05. The molecular weight excluding hydrogens is 448 g/mol. The van der Waals surface area contributed by atoms with E-state index in [-0.39, 0.29) is 29.9 Å². The summed E-state index contributed by atoms with van der Waals surface area (Å²) in [6.45, 7) is 3.89. The van der Waals surface area contributed by atoms with Crippen LogP contribution in [0.15, 0.2) is 6.33 Å². The van der Waals surface area contributed by atoms with Gasteiger partial charge >= 0.3 is 11.9 Å². The zero-order valence-electron chi connectivity index (χ0n) is 18.5. The first-order valence-corrected chi connectivity index (χ1v) is 11.3. The number of imidazole rings is 1. The Hall–Kier alpha value is -3.33. The summed E-state index contributed by atoms with van der Waals surface area (Å²) in [4.78, 5) is 48.0. The third-order valence-electron chi connectivity index (χ3n) is 5.27. The number of amides is 1. The zero-order chi connectivity index (χ0) is 23.8. The van der Waals surface area contributed by atoms with Gasteiger partial charge in [0.15, 0.2) is 11.5 Å². The molecule has 0 radical (unpaired) electrons. The van der Waals surface area contributed by atoms with Gasteiger partial charge < -0.3 is 19.4 Å². The van der Waals surface area contributed by atoms with Gasteiger partial charge in [-0.15, -0.1) is 18.2 Å². The minimum absolute atomic E-state index is 0.0963. The quantitative estimate of drug-likeness (QED) is 0.454. The highest BCUT2D eigenvalue weighted by atomic mass is 32.2. The van der Waals surface area contributed by atoms with Crippen molar-refractivity contribution < 1.29 is 23.9 Å². The average molecular weight is 473 g/mol. The molecule has 1 aliphatic carbocycles. The molecule has 11 nitrogen and oxygen atoms in total. The van der Waals surface area contributed by atoms with Crippen LogP contribution in [-0.4, -0.2) is 60.9 Å². The number of carbonyl (C=O) groups excluding carboxylic acids is 3. The minimum Gasteiger partial charge on any atom is -0.463 e. The standard InChI is InChI=1S/C21H24N6O5S/c1-5-21(9-31-12(3)29)15(32-13(4)30)8-16(33-21)27-10-22-18-17(27)19(24-14-6-7-14)26-20(25-18)23-11(2)28/h1,10,14-16H,6-9H2,2-4H3,(H2,23,24,25,26,28)/t15-,16?,21+/m0/s1. The van der Waals surface area contributed by atoms with Gasteiger partial charge in [0.2, 0.25) is 11.9 Å². The molecule has 3 heterocycles. The lowest BCUT2D eigenvalue weighted by molar-refractivity contribution is -0.149. The molecule has 2 N–H and O–H groups in total. The maximum Gasteiger partial charge on any atom is 0.302 e. The van der Waals surface area contributed by atoms with E-state index in [4.69, 9.17) is 15.9 Å². The zero-order valence-corrected chi connectivity index (χ0v) is 19.3. The largest absolute Gasteiger partial charge is 0.463 e. The molecule has 2 aromatic heterocycles. The highest BCUT2D eigenvalue weighted by Gasteiger charge is 2.51. The lowest BCUT2D eigenvalue weighted by atomic mass is 10.0. The van der Waals surface area contributed by atoms with Gasteiger partial charge in [-0.25, -0.2) is 4.98 Å². The van der Waals surface area contributed by atoms with Crippen LogP contribution < -0.4 is 10.6 Å². The van der Waals surface area contributed by atoms with Crippen molar-refractivity contribution in [3.05, 3.63) is 6.33 Å². The highest BCUT2D eigenvalue weighted by Crippen LogP contribution is 2.51. The normalized spacial score (nSPS) is 24.2. The first-order valence-electron chi connectivity index (χ1n) is 10.5. The fraction of sp³-hybridized carbons (Fsp3) is 0.524. The molecule has 0 bridgehead atoms. The van der Waals surface area contributed by atoms with Crippen LogP contribution in [-0.2, 0) is 23.9 Å². The Morgan fingerprint density at radius 2 is 2.03 bits per heavy atom. The van der Waals surface area contributed by atoms with Crippen LogP contribution in [0.25, 0.3) is 11.2 Å². The Morgan fingerprint density at radius 1 is 1.27 bits per heavy atom. The van der Waals surface area contributed by atoms with E-state index in [1.54, 1.807) is 6.33 Å². The summed E-state index contributed by atoms with van der Waals surface area (Å²) in [6, 6.07) is 0.287. The summed E-state index contributed by atoms with van der Waals surface area (Å²) in [6.07, 6.45) is 9.22. The summed E-state index contributed by atoms with van der Waals surface area (Å²) in [7, 11) is 0. The van der Waals surface area contributed by atoms with Crippen LogP contribution in [0.4, 0.5) is 11.8 Å². The van der Waals surface area contributed by atoms with Crippen molar-refractivity contribution in [2.24, 2.45) is 0 Å². The Bertz CT molecular complexity index is 1160. The topological polar surface area (TPSA) is 137 Å². The second-order valence-corrected chi connectivity index (χ2v) is 9.55. The lowest BCUT2D eigenvalue weighted by Gasteiger charge is -2.27. The molecule has 2 fully saturated rings. The predicted octanol–water partition coefficient (Wildman–Crippen LogP) is 1.86. The van der Waals surface area contributed by atoms with Crippen LogP contribution in [0.2, 0.25) is 0 Å². The molecule has 12 heteroatoms. The molecule has 4 rings (SSSR count). The fourth-order valence-corrected chi connectivity index (χ4v) is 5.18. The van der Waals surface area contributed by atoms with Gasteiger partial charge in [-0.3, -0.25) is 19.7 Å². The average Bonchev–Trinajstić information content (AvgIpc) is 3.32. The van der Waals surface area contributed by atoms with Crippen molar-refractivity contribution in [1.82, 2.24) is 19.5 Å². The first kappa shape index (κ1) is 22.8. The Kier molecular flexibility index (Phi) is 6.16. The van der Waals surface area contributed by atoms with Gasteiger partial charge in [-0.2, -0.15) is 9.97 Å². The SMILES string of the molecule is C#C[C@]1(COC(C)=O)SC(n2cnc3nc(NC(C)=O)nc(NC4CC4)c32)C[C@@H]1OC(C)=O. The number of hydrogen-bond acceptors (Lipinski definition) is 10. The molecule has 1 saturated heterocycles. The maximum atomic E-state index is 11.8. The molecule has 2 aromatic rings. The number of aromatic nitrogens is 4. The number of thioether (sulfide) groups is 1. The summed E-state index contributed by atoms with van der Waals surface area (Å²) in [5, 5.41) is 5.68. The number of esters is 2. The van der Waals surface area contributed by atoms with Crippen molar-refractivity contribution in [2.75, 3.05) is 17.2 Å². The van der Waals surface area contributed by atoms with Crippen molar-refractivity contribution >= 4 is 52.5 Å². The fourth-order valence-electron chi connectivity index (χ4n) is 3.66. The number of anilines is 2. The molecule has 1 saturated carbocycles. The van der Waals surface area contributed by atoms with E-state index in [0.29, 0.717) is 23.4 Å². The third-order valence-corrected chi connectivity index (χ3v) is 6.88. The third kappa shape index (κ3) is 4.88. The van der Waals surface area contributed by atoms with Crippen molar-refractivity contribution in [3.63, 3.8) is 0 Å². The summed E-state index contributed by atoms with van der Waals surface area (Å²) < 4.78 is 11.6. The number of ether oxygens (including phenoxy) is 2. The lowest BCUT2D eigenvalue weighted by Crippen LogP contribution is -2.41. The number of rotatable bonds is 7. The molecule has 2 aliphatic rings. The van der Waals surface area contributed by atoms with E-state index >= 15 is 0 Å². The van der Waals surface area contributed by atoms with E-state index in [0.717, 1.165) is 12.8 Å². The predicted molar refractivity (Wildman–Crippen MR) is 121 cm³/mol. The van der Waals surface area contributed by atoms with Gasteiger partial charge in [0.1, 0.15) is 23.0 Å². The molecule has 1 aliphatic heterocycles. The number of fused-ring (bicyclic) bond motifs is 1. The van der Waals surface area contributed by atoms with Crippen LogP contribution in [0.1, 0.15) is 45.4 Å². The van der Waals surface area contributed by atoms with Crippen LogP contribution >= 0.6 is 11.8 Å². The highest BCUT2D eigenvalue weighted by molar-refractivity contribution is 8.01. The summed E-state index contributed by atoms with van der Waals surface area (Å²) in [5.74, 6) is 2.17. The second-order valence-electron chi connectivity index (χ2n) is 8.04. The number of hydrogen-bond donors (Lipinski definition) is 2. The van der Waals surface area contributed by atoms with Crippen LogP contribution in [0.5, 0.6) is 0 Å². The molecule has 33 heavy (non-hydrogen) atoms. The van der Waals surface area contributed by atoms with Gasteiger partial charge in [0.25, 0.3) is 0 Å². The van der Waals surface area contributed by atoms with Crippen LogP contribution in [0, 0.1) is 12.3 Å². The van der Waals surface area contributed by atoms with Crippen molar-refractivity contribution in [3.8, 4) is 12.3 Å². The number of nitrogens with zero attached hydrogens (tertiary/aromatic N) is 4. The molecular formula is C21H24N6O5S. The summed E-state index contributed by atoms with van der Waals surface area (Å²) >= 11 is 1.36. The smallest absolute Gasteiger partial charge is 0.302 e. The minimum atomic E-state index is -1.06. The van der Waals surface area contributed by atoms with Gasteiger partial charge in [0.05, 0.1) is 11.7 Å². The number of nitrogens with one attached hydrogen (secondary N) is 2. The van der Waals surface area contributed by atoms with E-state index in [2.05, 4.69) is 31.5 Å². The van der Waals surface area contributed by atoms with Gasteiger partial charge in [0, 0.05) is 33.2 Å². The maximum absolute atomic E-state index is 11.8. The van der Waals surface area contributed by atoms with E-state index in [1.807, 2.05) is 4.57 Å². The first-order chi connectivity index (χ1) is 15.7. The van der Waals surface area contributed by atoms with E-state index in [1.165, 1.54) is 32.5 Å². The second kappa shape index (κ2) is 8.90. The molecule has 0 spiro atoms. The van der Waals surface area contributed by atoms with Gasteiger partial charge in [-0.05, 0) is 12.8 Å². The molecule has 1 unspecified atom stereocenters. The molecule has 174 valence electrons. The van der Waals surface area contributed by atoms with E-state index < -0.39 is 22.8 Å². The van der Waals surface area contributed by atoms with Crippen molar-refractivity contribution in [1.29, 1.82) is 0 Å². The van der Waals surface area contributed by atoms with Gasteiger partial charge in [-0.1, -0.05) is 5.92 Å².